The van der Waals surface area contributed by atoms with Crippen molar-refractivity contribution < 1.29 is 0 Å². The SMILES string of the molecule is c1ccc(-c2nc(-c3ccccc3-n3c4ccccc4c4ccccc43)nc(-c3c4ccccc4cc4c3ccc3ccccc34)n2)cc1. The maximum absolute atomic E-state index is 5.37. The van der Waals surface area contributed by atoms with E-state index in [0.717, 1.165) is 49.6 Å². The minimum Gasteiger partial charge on any atom is -0.309 e. The third kappa shape index (κ3) is 4.35. The lowest BCUT2D eigenvalue weighted by Crippen LogP contribution is -2.04. The fourth-order valence-electron chi connectivity index (χ4n) is 7.43. The number of hydrogen-bond acceptors (Lipinski definition) is 3. The maximum atomic E-state index is 5.37. The molecule has 2 aromatic heterocycles. The fourth-order valence-corrected chi connectivity index (χ4v) is 7.43. The first-order chi connectivity index (χ1) is 24.3. The van der Waals surface area contributed by atoms with Gasteiger partial charge in [-0.2, -0.15) is 0 Å². The van der Waals surface area contributed by atoms with Gasteiger partial charge in [0.05, 0.1) is 16.7 Å². The van der Waals surface area contributed by atoms with Gasteiger partial charge in [-0.3, -0.25) is 0 Å². The van der Waals surface area contributed by atoms with Crippen LogP contribution in [0.4, 0.5) is 0 Å². The molecule has 4 heteroatoms. The second-order valence-corrected chi connectivity index (χ2v) is 12.4. The monoisotopic (exact) mass is 624 g/mol. The number of nitrogens with zero attached hydrogens (tertiary/aromatic N) is 4. The average molecular weight is 625 g/mol. The zero-order chi connectivity index (χ0) is 32.3. The van der Waals surface area contributed by atoms with E-state index in [2.05, 4.69) is 156 Å². The van der Waals surface area contributed by atoms with Crippen LogP contribution in [0.3, 0.4) is 0 Å². The van der Waals surface area contributed by atoms with Crippen molar-refractivity contribution in [2.45, 2.75) is 0 Å². The normalized spacial score (nSPS) is 11.7. The van der Waals surface area contributed by atoms with Gasteiger partial charge in [0.25, 0.3) is 0 Å². The van der Waals surface area contributed by atoms with Crippen LogP contribution < -0.4 is 0 Å². The van der Waals surface area contributed by atoms with E-state index in [9.17, 15) is 0 Å². The number of hydrogen-bond donors (Lipinski definition) is 0. The number of aromatic nitrogens is 4. The Hall–Kier alpha value is -6.65. The Morgan fingerprint density at radius 2 is 0.918 bits per heavy atom. The zero-order valence-corrected chi connectivity index (χ0v) is 26.5. The van der Waals surface area contributed by atoms with Gasteiger partial charge in [-0.25, -0.2) is 15.0 Å². The van der Waals surface area contributed by atoms with E-state index in [-0.39, 0.29) is 0 Å². The largest absolute Gasteiger partial charge is 0.309 e. The molecule has 0 unspecified atom stereocenters. The standard InChI is InChI=1S/C45H28N4/c1-2-15-30(16-3-1)43-46-44(37-22-10-13-25-41(37)49-39-23-11-8-20-34(39)35-21-9-12-24-40(35)49)48-45(47-43)42-33-19-7-5-17-31(33)28-38-32-18-6-4-14-29(32)26-27-36(38)42/h1-28H. The summed E-state index contributed by atoms with van der Waals surface area (Å²) in [5, 5.41) is 9.39. The molecule has 0 amide bonds. The van der Waals surface area contributed by atoms with Crippen molar-refractivity contribution in [3.05, 3.63) is 170 Å². The highest BCUT2D eigenvalue weighted by atomic mass is 15.1. The second kappa shape index (κ2) is 11.0. The van der Waals surface area contributed by atoms with Crippen LogP contribution in [0.15, 0.2) is 170 Å². The van der Waals surface area contributed by atoms with Gasteiger partial charge in [-0.15, -0.1) is 0 Å². The van der Waals surface area contributed by atoms with Gasteiger partial charge in [0, 0.05) is 27.5 Å². The number of fused-ring (bicyclic) bond motifs is 7. The fraction of sp³-hybridized carbons (Fsp3) is 0. The van der Waals surface area contributed by atoms with Crippen LogP contribution in [0.5, 0.6) is 0 Å². The summed E-state index contributed by atoms with van der Waals surface area (Å²) in [7, 11) is 0. The summed E-state index contributed by atoms with van der Waals surface area (Å²) in [6.45, 7) is 0. The molecule has 0 spiro atoms. The lowest BCUT2D eigenvalue weighted by Gasteiger charge is -2.16. The van der Waals surface area contributed by atoms with Gasteiger partial charge in [0.1, 0.15) is 0 Å². The van der Waals surface area contributed by atoms with Crippen LogP contribution in [0.25, 0.3) is 94.0 Å². The molecule has 0 bridgehead atoms. The molecular weight excluding hydrogens is 597 g/mol. The predicted octanol–water partition coefficient (Wildman–Crippen LogP) is 11.4. The minimum atomic E-state index is 0.628. The van der Waals surface area contributed by atoms with Crippen LogP contribution in [0, 0.1) is 0 Å². The molecule has 0 N–H and O–H groups in total. The van der Waals surface area contributed by atoms with Gasteiger partial charge in [0.2, 0.25) is 0 Å². The summed E-state index contributed by atoms with van der Waals surface area (Å²) in [6, 6.07) is 59.7. The Bertz CT molecular complexity index is 2830. The molecule has 0 aliphatic heterocycles. The first-order valence-corrected chi connectivity index (χ1v) is 16.5. The molecule has 0 saturated heterocycles. The second-order valence-electron chi connectivity index (χ2n) is 12.4. The first-order valence-electron chi connectivity index (χ1n) is 16.5. The average Bonchev–Trinajstić information content (AvgIpc) is 3.51. The van der Waals surface area contributed by atoms with Crippen molar-refractivity contribution in [1.82, 2.24) is 19.5 Å². The summed E-state index contributed by atoms with van der Waals surface area (Å²) in [6.07, 6.45) is 0. The van der Waals surface area contributed by atoms with Crippen LogP contribution in [0.2, 0.25) is 0 Å². The summed E-state index contributed by atoms with van der Waals surface area (Å²) in [5.41, 5.74) is 6.18. The van der Waals surface area contributed by atoms with Gasteiger partial charge >= 0.3 is 0 Å². The lowest BCUT2D eigenvalue weighted by molar-refractivity contribution is 1.07. The Morgan fingerprint density at radius 1 is 0.347 bits per heavy atom. The number of benzene rings is 8. The van der Waals surface area contributed by atoms with E-state index in [1.165, 1.54) is 26.9 Å². The molecule has 0 saturated carbocycles. The highest BCUT2D eigenvalue weighted by molar-refractivity contribution is 6.19. The molecule has 0 fully saturated rings. The molecule has 0 radical (unpaired) electrons. The number of para-hydroxylation sites is 3. The number of rotatable bonds is 4. The van der Waals surface area contributed by atoms with Gasteiger partial charge in [0.15, 0.2) is 17.5 Å². The van der Waals surface area contributed by atoms with E-state index in [4.69, 9.17) is 15.0 Å². The Labute approximate surface area is 282 Å². The van der Waals surface area contributed by atoms with E-state index in [1.54, 1.807) is 0 Å². The van der Waals surface area contributed by atoms with Crippen LogP contribution in [-0.4, -0.2) is 19.5 Å². The van der Waals surface area contributed by atoms with Crippen molar-refractivity contribution in [2.75, 3.05) is 0 Å². The molecular formula is C45H28N4. The summed E-state index contributed by atoms with van der Waals surface area (Å²) in [5.74, 6) is 1.92. The lowest BCUT2D eigenvalue weighted by atomic mass is 9.93. The smallest absolute Gasteiger partial charge is 0.166 e. The van der Waals surface area contributed by atoms with Crippen molar-refractivity contribution in [3.63, 3.8) is 0 Å². The van der Waals surface area contributed by atoms with E-state index < -0.39 is 0 Å². The van der Waals surface area contributed by atoms with Crippen molar-refractivity contribution in [2.24, 2.45) is 0 Å². The minimum absolute atomic E-state index is 0.628. The highest BCUT2D eigenvalue weighted by Crippen LogP contribution is 2.40. The van der Waals surface area contributed by atoms with Gasteiger partial charge in [-0.05, 0) is 62.6 Å². The van der Waals surface area contributed by atoms with Crippen molar-refractivity contribution in [3.8, 4) is 39.9 Å². The Balaban J connectivity index is 1.31. The molecule has 2 heterocycles. The van der Waals surface area contributed by atoms with E-state index in [1.807, 2.05) is 18.2 Å². The summed E-state index contributed by atoms with van der Waals surface area (Å²) >= 11 is 0. The molecule has 49 heavy (non-hydrogen) atoms. The van der Waals surface area contributed by atoms with Crippen LogP contribution in [-0.2, 0) is 0 Å². The van der Waals surface area contributed by atoms with E-state index in [0.29, 0.717) is 17.5 Å². The maximum Gasteiger partial charge on any atom is 0.166 e. The summed E-state index contributed by atoms with van der Waals surface area (Å²) < 4.78 is 2.34. The van der Waals surface area contributed by atoms with Gasteiger partial charge < -0.3 is 4.57 Å². The molecule has 10 aromatic rings. The topological polar surface area (TPSA) is 43.6 Å². The van der Waals surface area contributed by atoms with E-state index >= 15 is 0 Å². The quantitative estimate of drug-likeness (QED) is 0.145. The zero-order valence-electron chi connectivity index (χ0n) is 26.5. The molecule has 10 rings (SSSR count). The Kier molecular flexibility index (Phi) is 6.15. The molecule has 0 atom stereocenters. The van der Waals surface area contributed by atoms with Crippen molar-refractivity contribution in [1.29, 1.82) is 0 Å². The molecule has 0 aliphatic rings. The highest BCUT2D eigenvalue weighted by Gasteiger charge is 2.21. The molecule has 0 aliphatic carbocycles. The summed E-state index contributed by atoms with van der Waals surface area (Å²) in [4.78, 5) is 15.8. The third-order valence-corrected chi connectivity index (χ3v) is 9.63. The van der Waals surface area contributed by atoms with Crippen LogP contribution in [0.1, 0.15) is 0 Å². The molecule has 8 aromatic carbocycles. The van der Waals surface area contributed by atoms with Gasteiger partial charge in [-0.1, -0.05) is 140 Å². The molecule has 4 nitrogen and oxygen atoms in total. The Morgan fingerprint density at radius 3 is 1.69 bits per heavy atom. The predicted molar refractivity (Wildman–Crippen MR) is 203 cm³/mol. The van der Waals surface area contributed by atoms with Crippen LogP contribution >= 0.6 is 0 Å². The first kappa shape index (κ1) is 27.5. The van der Waals surface area contributed by atoms with Crippen molar-refractivity contribution >= 4 is 54.1 Å². The molecule has 228 valence electrons. The third-order valence-electron chi connectivity index (χ3n) is 9.63.